The van der Waals surface area contributed by atoms with Crippen LogP contribution in [-0.4, -0.2) is 28.0 Å². The van der Waals surface area contributed by atoms with Crippen LogP contribution in [0, 0.1) is 5.92 Å². The topological polar surface area (TPSA) is 65.2 Å². The molecule has 0 amide bonds. The van der Waals surface area contributed by atoms with E-state index in [2.05, 4.69) is 17.1 Å². The van der Waals surface area contributed by atoms with Crippen molar-refractivity contribution >= 4 is 17.7 Å². The van der Waals surface area contributed by atoms with E-state index < -0.39 is 5.97 Å². The number of hydrogen-bond donors (Lipinski definition) is 0. The Morgan fingerprint density at radius 3 is 2.78 bits per heavy atom. The van der Waals surface area contributed by atoms with Gasteiger partial charge in [0.05, 0.1) is 6.61 Å². The maximum Gasteiger partial charge on any atom is 0.396 e. The zero-order chi connectivity index (χ0) is 13.0. The van der Waals surface area contributed by atoms with Crippen LogP contribution in [0.4, 0.5) is 0 Å². The van der Waals surface area contributed by atoms with Crippen molar-refractivity contribution < 1.29 is 13.9 Å². The highest BCUT2D eigenvalue weighted by Gasteiger charge is 2.23. The Balaban J connectivity index is 1.88. The average molecular weight is 270 g/mol. The summed E-state index contributed by atoms with van der Waals surface area (Å²) >= 11 is 1.57. The third-order valence-corrected chi connectivity index (χ3v) is 4.26. The minimum absolute atomic E-state index is 0.0523. The fourth-order valence-corrected chi connectivity index (χ4v) is 3.03. The summed E-state index contributed by atoms with van der Waals surface area (Å²) in [7, 11) is 0. The first kappa shape index (κ1) is 13.4. The maximum atomic E-state index is 11.4. The summed E-state index contributed by atoms with van der Waals surface area (Å²) in [6.45, 7) is 4.34. The lowest BCUT2D eigenvalue weighted by Crippen LogP contribution is -2.13. The van der Waals surface area contributed by atoms with Gasteiger partial charge < -0.3 is 9.15 Å². The largest absolute Gasteiger partial charge is 0.459 e. The minimum atomic E-state index is -0.547. The van der Waals surface area contributed by atoms with Gasteiger partial charge in [-0.3, -0.25) is 0 Å². The molecule has 1 aromatic rings. The lowest BCUT2D eigenvalue weighted by molar-refractivity contribution is 0.0475. The molecule has 6 heteroatoms. The van der Waals surface area contributed by atoms with Crippen LogP contribution in [0.25, 0.3) is 0 Å². The number of nitrogens with zero attached hydrogens (tertiary/aromatic N) is 2. The maximum absolute atomic E-state index is 11.4. The Hall–Kier alpha value is -1.04. The molecule has 0 aliphatic heterocycles. The Bertz CT molecular complexity index is 400. The predicted molar refractivity (Wildman–Crippen MR) is 67.5 cm³/mol. The quantitative estimate of drug-likeness (QED) is 0.784. The van der Waals surface area contributed by atoms with Crippen molar-refractivity contribution in [2.75, 3.05) is 6.61 Å². The molecule has 1 aliphatic carbocycles. The average Bonchev–Trinajstić information content (AvgIpc) is 2.81. The van der Waals surface area contributed by atoms with Gasteiger partial charge in [-0.1, -0.05) is 23.8 Å². The Morgan fingerprint density at radius 2 is 2.11 bits per heavy atom. The molecule has 0 aromatic carbocycles. The van der Waals surface area contributed by atoms with Gasteiger partial charge in [-0.05, 0) is 38.5 Å². The summed E-state index contributed by atoms with van der Waals surface area (Å²) in [5.41, 5.74) is 0. The fraction of sp³-hybridized carbons (Fsp3) is 0.750. The van der Waals surface area contributed by atoms with E-state index in [0.717, 1.165) is 5.92 Å². The second-order valence-electron chi connectivity index (χ2n) is 4.59. The van der Waals surface area contributed by atoms with Crippen molar-refractivity contribution in [3.63, 3.8) is 0 Å². The van der Waals surface area contributed by atoms with E-state index in [-0.39, 0.29) is 5.89 Å². The summed E-state index contributed by atoms with van der Waals surface area (Å²) < 4.78 is 10.1. The fourth-order valence-electron chi connectivity index (χ4n) is 2.02. The van der Waals surface area contributed by atoms with Gasteiger partial charge in [-0.15, -0.1) is 5.10 Å². The second kappa shape index (κ2) is 6.22. The molecule has 0 spiro atoms. The van der Waals surface area contributed by atoms with E-state index >= 15 is 0 Å². The van der Waals surface area contributed by atoms with Crippen LogP contribution >= 0.6 is 11.8 Å². The van der Waals surface area contributed by atoms with Crippen LogP contribution in [0.3, 0.4) is 0 Å². The van der Waals surface area contributed by atoms with Crippen molar-refractivity contribution in [1.82, 2.24) is 10.2 Å². The van der Waals surface area contributed by atoms with Crippen LogP contribution in [-0.2, 0) is 4.74 Å². The number of aromatic nitrogens is 2. The van der Waals surface area contributed by atoms with Crippen molar-refractivity contribution in [2.45, 2.75) is 50.0 Å². The van der Waals surface area contributed by atoms with E-state index in [0.29, 0.717) is 17.1 Å². The van der Waals surface area contributed by atoms with Crippen molar-refractivity contribution in [1.29, 1.82) is 0 Å². The summed E-state index contributed by atoms with van der Waals surface area (Å²) in [6, 6.07) is 0. The zero-order valence-corrected chi connectivity index (χ0v) is 11.5. The van der Waals surface area contributed by atoms with Crippen LogP contribution in [0.1, 0.15) is 50.2 Å². The Morgan fingerprint density at radius 1 is 1.39 bits per heavy atom. The molecule has 1 aliphatic rings. The number of esters is 1. The number of hydrogen-bond acceptors (Lipinski definition) is 6. The van der Waals surface area contributed by atoms with Gasteiger partial charge in [0.15, 0.2) is 0 Å². The lowest BCUT2D eigenvalue weighted by atomic mass is 9.91. The Kier molecular flexibility index (Phi) is 4.63. The third kappa shape index (κ3) is 3.48. The lowest BCUT2D eigenvalue weighted by Gasteiger charge is -2.24. The first-order valence-electron chi connectivity index (χ1n) is 6.36. The molecule has 100 valence electrons. The smallest absolute Gasteiger partial charge is 0.396 e. The molecule has 18 heavy (non-hydrogen) atoms. The minimum Gasteiger partial charge on any atom is -0.459 e. The van der Waals surface area contributed by atoms with E-state index in [4.69, 9.17) is 9.15 Å². The standard InChI is InChI=1S/C12H18N2O3S/c1-3-16-11(15)10-13-14-12(17-10)18-9-6-4-8(2)5-7-9/h8-9H,3-7H2,1-2H3. The van der Waals surface area contributed by atoms with Gasteiger partial charge in [-0.25, -0.2) is 4.79 Å². The zero-order valence-electron chi connectivity index (χ0n) is 10.7. The molecule has 1 aromatic heterocycles. The Labute approximate surface area is 111 Å². The highest BCUT2D eigenvalue weighted by molar-refractivity contribution is 7.99. The molecule has 0 radical (unpaired) electrons. The molecule has 1 fully saturated rings. The summed E-state index contributed by atoms with van der Waals surface area (Å²) in [6.07, 6.45) is 4.83. The van der Waals surface area contributed by atoms with Gasteiger partial charge in [-0.2, -0.15) is 0 Å². The van der Waals surface area contributed by atoms with E-state index in [1.165, 1.54) is 25.7 Å². The van der Waals surface area contributed by atoms with Crippen LogP contribution in [0.2, 0.25) is 0 Å². The van der Waals surface area contributed by atoms with Crippen LogP contribution in [0.5, 0.6) is 0 Å². The van der Waals surface area contributed by atoms with Gasteiger partial charge >= 0.3 is 11.9 Å². The molecule has 1 saturated carbocycles. The molecule has 0 bridgehead atoms. The molecule has 5 nitrogen and oxygen atoms in total. The van der Waals surface area contributed by atoms with Gasteiger partial charge in [0.25, 0.3) is 5.22 Å². The van der Waals surface area contributed by atoms with Crippen molar-refractivity contribution in [2.24, 2.45) is 5.92 Å². The molecule has 0 N–H and O–H groups in total. The normalized spacial score (nSPS) is 23.9. The summed E-state index contributed by atoms with van der Waals surface area (Å²) in [5, 5.41) is 8.58. The van der Waals surface area contributed by atoms with E-state index in [9.17, 15) is 4.79 Å². The second-order valence-corrected chi connectivity index (χ2v) is 5.84. The SMILES string of the molecule is CCOC(=O)c1nnc(SC2CCC(C)CC2)o1. The number of ether oxygens (including phenoxy) is 1. The summed E-state index contributed by atoms with van der Waals surface area (Å²) in [5.74, 6) is 0.220. The monoisotopic (exact) mass is 270 g/mol. The number of carbonyl (C=O) groups is 1. The molecular formula is C12H18N2O3S. The number of thioether (sulfide) groups is 1. The highest BCUT2D eigenvalue weighted by atomic mass is 32.2. The molecule has 0 saturated heterocycles. The van der Waals surface area contributed by atoms with E-state index in [1.807, 2.05) is 0 Å². The first-order chi connectivity index (χ1) is 8.69. The predicted octanol–water partition coefficient (Wildman–Crippen LogP) is 2.92. The van der Waals surface area contributed by atoms with Gasteiger partial charge in [0.1, 0.15) is 0 Å². The molecular weight excluding hydrogens is 252 g/mol. The molecule has 1 heterocycles. The van der Waals surface area contributed by atoms with Gasteiger partial charge in [0, 0.05) is 5.25 Å². The van der Waals surface area contributed by atoms with E-state index in [1.54, 1.807) is 18.7 Å². The number of carbonyl (C=O) groups excluding carboxylic acids is 1. The van der Waals surface area contributed by atoms with Crippen LogP contribution < -0.4 is 0 Å². The molecule has 0 unspecified atom stereocenters. The van der Waals surface area contributed by atoms with Crippen molar-refractivity contribution in [3.8, 4) is 0 Å². The summed E-state index contributed by atoms with van der Waals surface area (Å²) in [4.78, 5) is 11.4. The molecule has 0 atom stereocenters. The highest BCUT2D eigenvalue weighted by Crippen LogP contribution is 2.35. The van der Waals surface area contributed by atoms with Gasteiger partial charge in [0.2, 0.25) is 0 Å². The molecule has 2 rings (SSSR count). The third-order valence-electron chi connectivity index (χ3n) is 3.09. The van der Waals surface area contributed by atoms with Crippen LogP contribution in [0.15, 0.2) is 9.64 Å². The van der Waals surface area contributed by atoms with Crippen molar-refractivity contribution in [3.05, 3.63) is 5.89 Å². The number of rotatable bonds is 4. The first-order valence-corrected chi connectivity index (χ1v) is 7.24.